The summed E-state index contributed by atoms with van der Waals surface area (Å²) in [5.74, 6) is -0.0496. The van der Waals surface area contributed by atoms with Crippen molar-refractivity contribution in [2.75, 3.05) is 19.3 Å². The molecule has 1 fully saturated rings. The number of thioether (sulfide) groups is 1. The minimum Gasteiger partial charge on any atom is -0.342 e. The highest BCUT2D eigenvalue weighted by molar-refractivity contribution is 8.14. The number of imide groups is 1. The average Bonchev–Trinajstić information content (AvgIpc) is 2.86. The van der Waals surface area contributed by atoms with Crippen molar-refractivity contribution in [3.63, 3.8) is 0 Å². The molecule has 0 bridgehead atoms. The van der Waals surface area contributed by atoms with Crippen molar-refractivity contribution in [1.82, 2.24) is 9.80 Å². The first kappa shape index (κ1) is 17.3. The summed E-state index contributed by atoms with van der Waals surface area (Å²) in [4.78, 5) is 38.6. The molecule has 0 aromatic heterocycles. The van der Waals surface area contributed by atoms with Crippen LogP contribution in [0.1, 0.15) is 28.8 Å². The van der Waals surface area contributed by atoms with Crippen molar-refractivity contribution in [2.24, 2.45) is 0 Å². The average molecular weight is 332 g/mol. The third kappa shape index (κ3) is 4.45. The molecular weight excluding hydrogens is 312 g/mol. The second-order valence-electron chi connectivity index (χ2n) is 5.39. The Balaban J connectivity index is 2.04. The van der Waals surface area contributed by atoms with E-state index in [1.54, 1.807) is 30.1 Å². The molecule has 2 rings (SSSR count). The predicted octanol–water partition coefficient (Wildman–Crippen LogP) is 2.92. The van der Waals surface area contributed by atoms with Gasteiger partial charge in [-0.15, -0.1) is 6.58 Å². The van der Waals surface area contributed by atoms with Crippen LogP contribution in [0.25, 0.3) is 0 Å². The highest BCUT2D eigenvalue weighted by Crippen LogP contribution is 2.21. The van der Waals surface area contributed by atoms with Gasteiger partial charge in [0.05, 0.1) is 12.3 Å². The van der Waals surface area contributed by atoms with Crippen molar-refractivity contribution in [3.8, 4) is 0 Å². The van der Waals surface area contributed by atoms with Gasteiger partial charge in [-0.3, -0.25) is 19.3 Å². The number of unbranched alkanes of at least 4 members (excludes halogenated alkanes) is 1. The molecule has 0 aliphatic carbocycles. The maximum absolute atomic E-state index is 12.4. The zero-order valence-corrected chi connectivity index (χ0v) is 14.0. The van der Waals surface area contributed by atoms with Crippen LogP contribution in [0, 0.1) is 0 Å². The van der Waals surface area contributed by atoms with E-state index in [2.05, 4.69) is 6.58 Å². The molecule has 122 valence electrons. The van der Waals surface area contributed by atoms with E-state index in [4.69, 9.17) is 0 Å². The fourth-order valence-corrected chi connectivity index (χ4v) is 3.04. The molecule has 1 aliphatic rings. The highest BCUT2D eigenvalue weighted by atomic mass is 32.2. The van der Waals surface area contributed by atoms with Crippen molar-refractivity contribution in [1.29, 1.82) is 0 Å². The highest BCUT2D eigenvalue weighted by Gasteiger charge is 2.29. The van der Waals surface area contributed by atoms with Gasteiger partial charge in [-0.25, -0.2) is 0 Å². The Morgan fingerprint density at radius 2 is 2.22 bits per heavy atom. The van der Waals surface area contributed by atoms with Gasteiger partial charge in [-0.2, -0.15) is 0 Å². The molecule has 1 heterocycles. The Morgan fingerprint density at radius 3 is 2.87 bits per heavy atom. The number of hydrogen-bond donors (Lipinski definition) is 0. The van der Waals surface area contributed by atoms with E-state index in [1.165, 1.54) is 4.90 Å². The van der Waals surface area contributed by atoms with Crippen LogP contribution in [0.5, 0.6) is 0 Å². The van der Waals surface area contributed by atoms with Gasteiger partial charge in [-0.05, 0) is 30.5 Å². The number of nitrogens with zero attached hydrogens (tertiary/aromatic N) is 2. The number of carbonyl (C=O) groups excluding carboxylic acids is 3. The molecular formula is C17H20N2O3S. The zero-order valence-electron chi connectivity index (χ0n) is 13.2. The fraction of sp³-hybridized carbons (Fsp3) is 0.353. The summed E-state index contributed by atoms with van der Waals surface area (Å²) in [6.07, 6.45) is 3.58. The van der Waals surface area contributed by atoms with Gasteiger partial charge in [-0.1, -0.05) is 30.0 Å². The molecule has 1 aliphatic heterocycles. The van der Waals surface area contributed by atoms with Crippen LogP contribution in [0.4, 0.5) is 4.79 Å². The molecule has 0 radical (unpaired) electrons. The van der Waals surface area contributed by atoms with E-state index in [0.29, 0.717) is 12.1 Å². The first-order valence-electron chi connectivity index (χ1n) is 7.45. The summed E-state index contributed by atoms with van der Waals surface area (Å²) in [5.41, 5.74) is 1.34. The summed E-state index contributed by atoms with van der Waals surface area (Å²) < 4.78 is 0. The topological polar surface area (TPSA) is 57.7 Å². The number of amides is 3. The van der Waals surface area contributed by atoms with Gasteiger partial charge in [0.1, 0.15) is 0 Å². The molecule has 6 heteroatoms. The van der Waals surface area contributed by atoms with Gasteiger partial charge in [0, 0.05) is 19.2 Å². The normalized spacial score (nSPS) is 14.2. The van der Waals surface area contributed by atoms with Crippen LogP contribution in [0.15, 0.2) is 36.9 Å². The maximum atomic E-state index is 12.4. The molecule has 0 spiro atoms. The van der Waals surface area contributed by atoms with E-state index >= 15 is 0 Å². The third-order valence-corrected chi connectivity index (χ3v) is 4.46. The van der Waals surface area contributed by atoms with E-state index in [9.17, 15) is 14.4 Å². The number of rotatable bonds is 7. The Kier molecular flexibility index (Phi) is 5.98. The van der Waals surface area contributed by atoms with Crippen LogP contribution in [-0.4, -0.2) is 46.2 Å². The van der Waals surface area contributed by atoms with Crippen LogP contribution < -0.4 is 0 Å². The van der Waals surface area contributed by atoms with Gasteiger partial charge < -0.3 is 4.90 Å². The molecule has 0 N–H and O–H groups in total. The van der Waals surface area contributed by atoms with Crippen molar-refractivity contribution >= 4 is 28.8 Å². The van der Waals surface area contributed by atoms with E-state index in [1.807, 2.05) is 12.1 Å². The summed E-state index contributed by atoms with van der Waals surface area (Å²) in [5, 5.41) is -0.228. The lowest BCUT2D eigenvalue weighted by atomic mass is 10.1. The first-order valence-corrected chi connectivity index (χ1v) is 8.44. The number of hydrogen-bond acceptors (Lipinski definition) is 4. The Labute approximate surface area is 140 Å². The molecule has 1 aromatic carbocycles. The van der Waals surface area contributed by atoms with Gasteiger partial charge >= 0.3 is 0 Å². The lowest BCUT2D eigenvalue weighted by Crippen LogP contribution is -2.29. The lowest BCUT2D eigenvalue weighted by Gasteiger charge is -2.18. The van der Waals surface area contributed by atoms with E-state index in [0.717, 1.165) is 30.2 Å². The van der Waals surface area contributed by atoms with E-state index in [-0.39, 0.29) is 29.4 Å². The summed E-state index contributed by atoms with van der Waals surface area (Å²) >= 11 is 1.01. The largest absolute Gasteiger partial charge is 0.342 e. The summed E-state index contributed by atoms with van der Waals surface area (Å²) in [6.45, 7) is 4.54. The minimum absolute atomic E-state index is 0.0654. The molecule has 0 unspecified atom stereocenters. The third-order valence-electron chi connectivity index (χ3n) is 3.60. The minimum atomic E-state index is -0.228. The molecule has 23 heavy (non-hydrogen) atoms. The smallest absolute Gasteiger partial charge is 0.289 e. The van der Waals surface area contributed by atoms with Crippen molar-refractivity contribution in [3.05, 3.63) is 48.0 Å². The molecule has 0 saturated carbocycles. The second-order valence-corrected chi connectivity index (χ2v) is 6.32. The molecule has 3 amide bonds. The zero-order chi connectivity index (χ0) is 16.8. The van der Waals surface area contributed by atoms with E-state index < -0.39 is 0 Å². The quantitative estimate of drug-likeness (QED) is 0.569. The van der Waals surface area contributed by atoms with Crippen molar-refractivity contribution in [2.45, 2.75) is 19.4 Å². The van der Waals surface area contributed by atoms with Gasteiger partial charge in [0.15, 0.2) is 0 Å². The van der Waals surface area contributed by atoms with Crippen LogP contribution in [0.2, 0.25) is 0 Å². The predicted molar refractivity (Wildman–Crippen MR) is 91.2 cm³/mol. The number of benzene rings is 1. The van der Waals surface area contributed by atoms with Crippen LogP contribution >= 0.6 is 11.8 Å². The summed E-state index contributed by atoms with van der Waals surface area (Å²) in [6, 6.07) is 7.09. The SMILES string of the molecule is C=CCCCN(C)C(=O)c1cccc(CN2C(=O)CSC2=O)c1. The maximum Gasteiger partial charge on any atom is 0.289 e. The summed E-state index contributed by atoms with van der Waals surface area (Å²) in [7, 11) is 1.77. The first-order chi connectivity index (χ1) is 11.0. The van der Waals surface area contributed by atoms with Gasteiger partial charge in [0.25, 0.3) is 11.1 Å². The fourth-order valence-electron chi connectivity index (χ4n) is 2.31. The monoisotopic (exact) mass is 332 g/mol. The standard InChI is InChI=1S/C17H20N2O3S/c1-3-4-5-9-18(2)16(21)14-8-6-7-13(10-14)11-19-15(20)12-23-17(19)22/h3,6-8,10H,1,4-5,9,11-12H2,2H3. The molecule has 1 saturated heterocycles. The van der Waals surface area contributed by atoms with Gasteiger partial charge in [0.2, 0.25) is 5.91 Å². The van der Waals surface area contributed by atoms with Crippen LogP contribution in [0.3, 0.4) is 0 Å². The molecule has 5 nitrogen and oxygen atoms in total. The second kappa shape index (κ2) is 7.97. The lowest BCUT2D eigenvalue weighted by molar-refractivity contribution is -0.125. The van der Waals surface area contributed by atoms with Crippen molar-refractivity contribution < 1.29 is 14.4 Å². The number of carbonyl (C=O) groups is 3. The van der Waals surface area contributed by atoms with Crippen LogP contribution in [-0.2, 0) is 11.3 Å². The Hall–Kier alpha value is -2.08. The molecule has 1 aromatic rings. The molecule has 0 atom stereocenters. The Bertz CT molecular complexity index is 614. The number of allylic oxidation sites excluding steroid dienone is 1. The Morgan fingerprint density at radius 1 is 1.43 bits per heavy atom.